The maximum absolute atomic E-state index is 13.2. The highest BCUT2D eigenvalue weighted by Crippen LogP contribution is 2.37. The maximum Gasteiger partial charge on any atom is 0.255 e. The lowest BCUT2D eigenvalue weighted by atomic mass is 10.0. The minimum absolute atomic E-state index is 0.192. The van der Waals surface area contributed by atoms with Gasteiger partial charge in [-0.2, -0.15) is 5.10 Å². The third-order valence-electron chi connectivity index (χ3n) is 5.21. The zero-order valence-corrected chi connectivity index (χ0v) is 19.6. The van der Waals surface area contributed by atoms with Gasteiger partial charge in [-0.05, 0) is 52.0 Å². The molecule has 1 amide bonds. The van der Waals surface area contributed by atoms with E-state index in [1.165, 1.54) is 0 Å². The Morgan fingerprint density at radius 2 is 1.88 bits per heavy atom. The lowest BCUT2D eigenvalue weighted by Gasteiger charge is -2.22. The Morgan fingerprint density at radius 1 is 1.12 bits per heavy atom. The molecular weight excluding hydrogens is 414 g/mol. The lowest BCUT2D eigenvalue weighted by Crippen LogP contribution is -2.40. The zero-order valence-electron chi connectivity index (χ0n) is 19.6. The van der Waals surface area contributed by atoms with E-state index in [-0.39, 0.29) is 11.4 Å². The van der Waals surface area contributed by atoms with Crippen molar-refractivity contribution in [2.45, 2.75) is 39.8 Å². The molecule has 0 bridgehead atoms. The molecule has 2 heterocycles. The molecule has 4 rings (SSSR count). The van der Waals surface area contributed by atoms with Crippen LogP contribution in [0.25, 0.3) is 22.2 Å². The second kappa shape index (κ2) is 8.94. The van der Waals surface area contributed by atoms with Crippen LogP contribution in [0.4, 0.5) is 11.4 Å². The number of anilines is 2. The minimum atomic E-state index is -0.381. The first-order valence-electron chi connectivity index (χ1n) is 11.0. The van der Waals surface area contributed by atoms with Crippen molar-refractivity contribution in [1.29, 1.82) is 0 Å². The Kier molecular flexibility index (Phi) is 6.05. The molecule has 0 saturated heterocycles. The normalized spacial score (nSPS) is 11.4. The van der Waals surface area contributed by atoms with Gasteiger partial charge in [0.1, 0.15) is 5.75 Å². The van der Waals surface area contributed by atoms with Gasteiger partial charge in [0.05, 0.1) is 29.6 Å². The molecule has 0 aliphatic heterocycles. The summed E-state index contributed by atoms with van der Waals surface area (Å²) in [5.74, 6) is 0.483. The number of rotatable bonds is 6. The highest BCUT2D eigenvalue weighted by molar-refractivity contribution is 6.09. The molecule has 4 aromatic rings. The molecule has 0 aliphatic carbocycles. The first kappa shape index (κ1) is 22.3. The number of nitrogens with one attached hydrogen (secondary N) is 2. The van der Waals surface area contributed by atoms with Crippen LogP contribution in [0.1, 0.15) is 38.1 Å². The van der Waals surface area contributed by atoms with Crippen molar-refractivity contribution in [3.05, 3.63) is 66.5 Å². The summed E-state index contributed by atoms with van der Waals surface area (Å²) in [6.07, 6.45) is 3.55. The number of fused-ring (bicyclic) bond motifs is 1. The number of carbonyl (C=O) groups excluding carboxylic acids is 1. The van der Waals surface area contributed by atoms with E-state index in [0.717, 1.165) is 34.4 Å². The van der Waals surface area contributed by atoms with E-state index in [9.17, 15) is 4.79 Å². The largest absolute Gasteiger partial charge is 0.496 e. The summed E-state index contributed by atoms with van der Waals surface area (Å²) in [5, 5.41) is 12.0. The smallest absolute Gasteiger partial charge is 0.255 e. The second-order valence-electron chi connectivity index (χ2n) is 8.87. The van der Waals surface area contributed by atoms with Crippen LogP contribution in [0.5, 0.6) is 5.75 Å². The lowest BCUT2D eigenvalue weighted by molar-refractivity contribution is 0.0920. The molecule has 0 spiro atoms. The molecule has 2 aromatic carbocycles. The van der Waals surface area contributed by atoms with Gasteiger partial charge >= 0.3 is 0 Å². The SMILES string of the molecule is CCn1ccc(-c2cc3c(Nc4ccccc4)c(C(=O)NC(C)(C)C)cnc3cc2OC)n1. The quantitative estimate of drug-likeness (QED) is 0.417. The van der Waals surface area contributed by atoms with Crippen molar-refractivity contribution in [2.75, 3.05) is 12.4 Å². The van der Waals surface area contributed by atoms with Crippen molar-refractivity contribution in [3.63, 3.8) is 0 Å². The second-order valence-corrected chi connectivity index (χ2v) is 8.87. The Bertz CT molecular complexity index is 1290. The van der Waals surface area contributed by atoms with Crippen LogP contribution in [0.2, 0.25) is 0 Å². The fraction of sp³-hybridized carbons (Fsp3) is 0.269. The Balaban J connectivity index is 1.94. The number of hydrogen-bond acceptors (Lipinski definition) is 5. The Morgan fingerprint density at radius 3 is 2.52 bits per heavy atom. The number of para-hydroxylation sites is 1. The zero-order chi connectivity index (χ0) is 23.6. The number of pyridine rings is 1. The Labute approximate surface area is 193 Å². The third-order valence-corrected chi connectivity index (χ3v) is 5.21. The van der Waals surface area contributed by atoms with Gasteiger partial charge in [0, 0.05) is 47.2 Å². The summed E-state index contributed by atoms with van der Waals surface area (Å²) in [6.45, 7) is 8.68. The minimum Gasteiger partial charge on any atom is -0.496 e. The molecule has 7 nitrogen and oxygen atoms in total. The molecule has 0 aliphatic rings. The molecule has 7 heteroatoms. The van der Waals surface area contributed by atoms with E-state index in [1.54, 1.807) is 13.3 Å². The van der Waals surface area contributed by atoms with E-state index < -0.39 is 0 Å². The number of ether oxygens (including phenoxy) is 1. The highest BCUT2D eigenvalue weighted by Gasteiger charge is 2.22. The molecule has 170 valence electrons. The van der Waals surface area contributed by atoms with Crippen LogP contribution in [0.15, 0.2) is 60.9 Å². The van der Waals surface area contributed by atoms with Gasteiger partial charge in [-0.15, -0.1) is 0 Å². The fourth-order valence-corrected chi connectivity index (χ4v) is 3.65. The van der Waals surface area contributed by atoms with Gasteiger partial charge in [0.2, 0.25) is 0 Å². The molecule has 0 atom stereocenters. The summed E-state index contributed by atoms with van der Waals surface area (Å²) in [6, 6.07) is 15.6. The van der Waals surface area contributed by atoms with Crippen LogP contribution >= 0.6 is 0 Å². The first-order valence-corrected chi connectivity index (χ1v) is 11.0. The van der Waals surface area contributed by atoms with Crippen molar-refractivity contribution < 1.29 is 9.53 Å². The van der Waals surface area contributed by atoms with Crippen LogP contribution < -0.4 is 15.4 Å². The van der Waals surface area contributed by atoms with Gasteiger partial charge in [-0.3, -0.25) is 14.5 Å². The summed E-state index contributed by atoms with van der Waals surface area (Å²) >= 11 is 0. The third kappa shape index (κ3) is 4.82. The Hall–Kier alpha value is -3.87. The van der Waals surface area contributed by atoms with E-state index in [4.69, 9.17) is 4.74 Å². The molecule has 0 radical (unpaired) electrons. The molecule has 0 fully saturated rings. The van der Waals surface area contributed by atoms with Crippen molar-refractivity contribution in [1.82, 2.24) is 20.1 Å². The van der Waals surface area contributed by atoms with E-state index >= 15 is 0 Å². The molecule has 2 aromatic heterocycles. The van der Waals surface area contributed by atoms with Crippen LogP contribution in [0.3, 0.4) is 0 Å². The predicted molar refractivity (Wildman–Crippen MR) is 132 cm³/mol. The standard InChI is InChI=1S/C26H29N5O2/c1-6-31-13-12-21(30-31)18-14-19-22(15-23(18)33-5)27-16-20(25(32)29-26(2,3)4)24(19)28-17-10-8-7-9-11-17/h7-16H,6H2,1-5H3,(H,27,28)(H,29,32). The molecule has 2 N–H and O–H groups in total. The fourth-order valence-electron chi connectivity index (χ4n) is 3.65. The van der Waals surface area contributed by atoms with Crippen molar-refractivity contribution in [2.24, 2.45) is 0 Å². The molecular formula is C26H29N5O2. The van der Waals surface area contributed by atoms with E-state index in [1.807, 2.05) is 87.1 Å². The molecule has 0 saturated carbocycles. The van der Waals surface area contributed by atoms with Crippen LogP contribution in [-0.2, 0) is 6.54 Å². The van der Waals surface area contributed by atoms with Crippen LogP contribution in [0, 0.1) is 0 Å². The average molecular weight is 444 g/mol. The van der Waals surface area contributed by atoms with Gasteiger partial charge in [0.15, 0.2) is 0 Å². The topological polar surface area (TPSA) is 81.1 Å². The number of carbonyl (C=O) groups is 1. The number of aromatic nitrogens is 3. The number of amides is 1. The molecule has 33 heavy (non-hydrogen) atoms. The predicted octanol–water partition coefficient (Wildman–Crippen LogP) is 5.40. The summed E-state index contributed by atoms with van der Waals surface area (Å²) in [5.41, 5.74) is 4.00. The van der Waals surface area contributed by atoms with Gasteiger partial charge in [-0.1, -0.05) is 18.2 Å². The summed E-state index contributed by atoms with van der Waals surface area (Å²) in [4.78, 5) is 17.8. The van der Waals surface area contributed by atoms with E-state index in [0.29, 0.717) is 17.0 Å². The number of nitrogens with zero attached hydrogens (tertiary/aromatic N) is 3. The van der Waals surface area contributed by atoms with Gasteiger partial charge < -0.3 is 15.4 Å². The number of methoxy groups -OCH3 is 1. The molecule has 0 unspecified atom stereocenters. The van der Waals surface area contributed by atoms with Crippen LogP contribution in [-0.4, -0.2) is 33.3 Å². The number of aryl methyl sites for hydroxylation is 1. The average Bonchev–Trinajstić information content (AvgIpc) is 3.27. The van der Waals surface area contributed by atoms with Gasteiger partial charge in [0.25, 0.3) is 5.91 Å². The summed E-state index contributed by atoms with van der Waals surface area (Å²) < 4.78 is 7.53. The first-order chi connectivity index (χ1) is 15.8. The number of benzene rings is 2. The van der Waals surface area contributed by atoms with E-state index in [2.05, 4.69) is 20.7 Å². The van der Waals surface area contributed by atoms with Crippen molar-refractivity contribution in [3.8, 4) is 17.0 Å². The van der Waals surface area contributed by atoms with Crippen molar-refractivity contribution >= 4 is 28.2 Å². The highest BCUT2D eigenvalue weighted by atomic mass is 16.5. The maximum atomic E-state index is 13.2. The number of hydrogen-bond donors (Lipinski definition) is 2. The summed E-state index contributed by atoms with van der Waals surface area (Å²) in [7, 11) is 1.63. The monoisotopic (exact) mass is 443 g/mol. The van der Waals surface area contributed by atoms with Gasteiger partial charge in [-0.25, -0.2) is 0 Å².